The highest BCUT2D eigenvalue weighted by Crippen LogP contribution is 2.34. The molecule has 8 heteroatoms. The van der Waals surface area contributed by atoms with Gasteiger partial charge in [0, 0.05) is 27.1 Å². The predicted octanol–water partition coefficient (Wildman–Crippen LogP) is 3.89. The summed E-state index contributed by atoms with van der Waals surface area (Å²) in [6, 6.07) is 12.0. The van der Waals surface area contributed by atoms with Gasteiger partial charge in [0.05, 0.1) is 10.6 Å². The first kappa shape index (κ1) is 18.2. The number of nitrogens with one attached hydrogen (secondary N) is 2. The van der Waals surface area contributed by atoms with E-state index in [0.717, 1.165) is 9.79 Å². The third kappa shape index (κ3) is 4.13. The summed E-state index contributed by atoms with van der Waals surface area (Å²) in [5, 5.41) is 2.81. The highest BCUT2D eigenvalue weighted by Gasteiger charge is 2.23. The summed E-state index contributed by atoms with van der Waals surface area (Å²) in [4.78, 5) is 14.0. The van der Waals surface area contributed by atoms with Crippen molar-refractivity contribution in [2.24, 2.45) is 5.92 Å². The van der Waals surface area contributed by atoms with Gasteiger partial charge in [-0.05, 0) is 42.7 Å². The van der Waals surface area contributed by atoms with E-state index in [-0.39, 0.29) is 16.7 Å². The summed E-state index contributed by atoms with van der Waals surface area (Å²) in [7, 11) is -3.73. The highest BCUT2D eigenvalue weighted by atomic mass is 32.2. The van der Waals surface area contributed by atoms with E-state index in [4.69, 9.17) is 0 Å². The van der Waals surface area contributed by atoms with E-state index < -0.39 is 10.0 Å². The molecule has 1 atom stereocenters. The van der Waals surface area contributed by atoms with E-state index in [9.17, 15) is 13.2 Å². The Bertz CT molecular complexity index is 913. The lowest BCUT2D eigenvalue weighted by Gasteiger charge is -2.12. The molecule has 2 aromatic carbocycles. The number of hydrogen-bond acceptors (Lipinski definition) is 5. The molecular formula is C17H18N2O3S3. The van der Waals surface area contributed by atoms with Crippen molar-refractivity contribution >= 4 is 50.8 Å². The Hall–Kier alpha value is -1.64. The summed E-state index contributed by atoms with van der Waals surface area (Å²) in [6.45, 7) is 1.85. The predicted molar refractivity (Wildman–Crippen MR) is 104 cm³/mol. The van der Waals surface area contributed by atoms with Crippen molar-refractivity contribution in [3.63, 3.8) is 0 Å². The third-order valence-corrected chi connectivity index (χ3v) is 7.22. The molecule has 1 amide bonds. The standard InChI is InChI=1S/C17H18N2O3S3/c1-11-10-24-16-7-6-14(9-15(16)18-17(11)20)25(21,22)19-12-4-3-5-13(8-12)23-2/h3-9,11,19H,10H2,1-2H3,(H,18,20)/t11-/m1/s1. The second-order valence-corrected chi connectivity index (χ2v) is 9.32. The van der Waals surface area contributed by atoms with Crippen LogP contribution in [0.3, 0.4) is 0 Å². The Morgan fingerprint density at radius 1 is 1.24 bits per heavy atom. The number of hydrogen-bond donors (Lipinski definition) is 2. The molecule has 5 nitrogen and oxygen atoms in total. The first-order valence-electron chi connectivity index (χ1n) is 7.63. The maximum Gasteiger partial charge on any atom is 0.261 e. The summed E-state index contributed by atoms with van der Waals surface area (Å²) in [5.74, 6) is 0.455. The Morgan fingerprint density at radius 2 is 2.04 bits per heavy atom. The van der Waals surface area contributed by atoms with E-state index in [2.05, 4.69) is 10.0 Å². The molecule has 0 fully saturated rings. The first-order valence-corrected chi connectivity index (χ1v) is 11.3. The summed E-state index contributed by atoms with van der Waals surface area (Å²) in [5.41, 5.74) is 1.05. The zero-order chi connectivity index (χ0) is 18.0. The third-order valence-electron chi connectivity index (χ3n) is 3.78. The van der Waals surface area contributed by atoms with Crippen LogP contribution in [0.5, 0.6) is 0 Å². The topological polar surface area (TPSA) is 75.3 Å². The lowest BCUT2D eigenvalue weighted by Crippen LogP contribution is -2.20. The van der Waals surface area contributed by atoms with Gasteiger partial charge in [-0.25, -0.2) is 8.42 Å². The Kier molecular flexibility index (Phi) is 5.31. The fourth-order valence-corrected chi connectivity index (χ4v) is 4.89. The van der Waals surface area contributed by atoms with Gasteiger partial charge in [-0.1, -0.05) is 13.0 Å². The van der Waals surface area contributed by atoms with Crippen molar-refractivity contribution in [3.8, 4) is 0 Å². The molecule has 2 aromatic rings. The molecule has 1 heterocycles. The summed E-state index contributed by atoms with van der Waals surface area (Å²) < 4.78 is 28.0. The van der Waals surface area contributed by atoms with Gasteiger partial charge in [0.1, 0.15) is 0 Å². The molecule has 0 radical (unpaired) electrons. The largest absolute Gasteiger partial charge is 0.325 e. The highest BCUT2D eigenvalue weighted by molar-refractivity contribution is 7.99. The minimum absolute atomic E-state index is 0.0959. The van der Waals surface area contributed by atoms with Crippen LogP contribution in [0.2, 0.25) is 0 Å². The fraction of sp³-hybridized carbons (Fsp3) is 0.235. The van der Waals surface area contributed by atoms with Crippen LogP contribution in [-0.4, -0.2) is 26.3 Å². The average Bonchev–Trinajstić information content (AvgIpc) is 2.73. The molecular weight excluding hydrogens is 376 g/mol. The van der Waals surface area contributed by atoms with Crippen molar-refractivity contribution in [1.29, 1.82) is 0 Å². The van der Waals surface area contributed by atoms with Crippen molar-refractivity contribution in [1.82, 2.24) is 0 Å². The number of sulfonamides is 1. The van der Waals surface area contributed by atoms with Crippen LogP contribution in [0.4, 0.5) is 11.4 Å². The summed E-state index contributed by atoms with van der Waals surface area (Å²) >= 11 is 3.09. The smallest absolute Gasteiger partial charge is 0.261 e. The number of thioether (sulfide) groups is 2. The average molecular weight is 395 g/mol. The van der Waals surface area contributed by atoms with Crippen molar-refractivity contribution in [2.45, 2.75) is 21.6 Å². The molecule has 3 rings (SSSR count). The SMILES string of the molecule is CSc1cccc(NS(=O)(=O)c2ccc3c(c2)NC(=O)[C@H](C)CS3)c1. The van der Waals surface area contributed by atoms with Crippen LogP contribution in [0, 0.1) is 5.92 Å². The molecule has 132 valence electrons. The second kappa shape index (κ2) is 7.31. The van der Waals surface area contributed by atoms with Crippen LogP contribution in [0.15, 0.2) is 57.2 Å². The van der Waals surface area contributed by atoms with Crippen molar-refractivity contribution in [3.05, 3.63) is 42.5 Å². The summed E-state index contributed by atoms with van der Waals surface area (Å²) in [6.07, 6.45) is 1.93. The first-order chi connectivity index (χ1) is 11.9. The van der Waals surface area contributed by atoms with Crippen molar-refractivity contribution in [2.75, 3.05) is 22.0 Å². The minimum Gasteiger partial charge on any atom is -0.325 e. The molecule has 1 aliphatic rings. The maximum atomic E-state index is 12.7. The molecule has 0 bridgehead atoms. The van der Waals surface area contributed by atoms with Crippen molar-refractivity contribution < 1.29 is 13.2 Å². The van der Waals surface area contributed by atoms with Gasteiger partial charge in [0.2, 0.25) is 5.91 Å². The number of rotatable bonds is 4. The Labute approximate surface area is 156 Å². The van der Waals surface area contributed by atoms with Crippen LogP contribution in [0.1, 0.15) is 6.92 Å². The fourth-order valence-electron chi connectivity index (χ4n) is 2.35. The zero-order valence-electron chi connectivity index (χ0n) is 13.8. The molecule has 0 saturated heterocycles. The van der Waals surface area contributed by atoms with Gasteiger partial charge in [0.15, 0.2) is 0 Å². The van der Waals surface area contributed by atoms with Gasteiger partial charge >= 0.3 is 0 Å². The van der Waals surface area contributed by atoms with Crippen LogP contribution < -0.4 is 10.0 Å². The molecule has 0 unspecified atom stereocenters. The second-order valence-electron chi connectivity index (χ2n) is 5.70. The Morgan fingerprint density at radius 3 is 2.80 bits per heavy atom. The lowest BCUT2D eigenvalue weighted by molar-refractivity contribution is -0.118. The van der Waals surface area contributed by atoms with Crippen LogP contribution >= 0.6 is 23.5 Å². The van der Waals surface area contributed by atoms with E-state index in [1.807, 2.05) is 19.2 Å². The molecule has 0 spiro atoms. The van der Waals surface area contributed by atoms with Crippen LogP contribution in [-0.2, 0) is 14.8 Å². The number of benzene rings is 2. The number of carbonyl (C=O) groups is 1. The number of fused-ring (bicyclic) bond motifs is 1. The van der Waals surface area contributed by atoms with E-state index >= 15 is 0 Å². The molecule has 0 aliphatic carbocycles. The number of amides is 1. The van der Waals surface area contributed by atoms with Gasteiger partial charge in [-0.2, -0.15) is 0 Å². The minimum atomic E-state index is -3.73. The Balaban J connectivity index is 1.90. The van der Waals surface area contributed by atoms with E-state index in [1.165, 1.54) is 6.07 Å². The van der Waals surface area contributed by atoms with Crippen LogP contribution in [0.25, 0.3) is 0 Å². The molecule has 0 aromatic heterocycles. The monoisotopic (exact) mass is 394 g/mol. The molecule has 0 saturated carbocycles. The molecule has 2 N–H and O–H groups in total. The lowest BCUT2D eigenvalue weighted by atomic mass is 10.2. The normalized spacial score (nSPS) is 17.4. The maximum absolute atomic E-state index is 12.7. The zero-order valence-corrected chi connectivity index (χ0v) is 16.2. The van der Waals surface area contributed by atoms with E-state index in [0.29, 0.717) is 17.1 Å². The quantitative estimate of drug-likeness (QED) is 0.770. The van der Waals surface area contributed by atoms with Gasteiger partial charge in [-0.15, -0.1) is 23.5 Å². The van der Waals surface area contributed by atoms with Gasteiger partial charge in [0.25, 0.3) is 10.0 Å². The molecule has 25 heavy (non-hydrogen) atoms. The number of anilines is 2. The number of carbonyl (C=O) groups excluding carboxylic acids is 1. The van der Waals surface area contributed by atoms with Gasteiger partial charge in [-0.3, -0.25) is 9.52 Å². The molecule has 1 aliphatic heterocycles. The van der Waals surface area contributed by atoms with E-state index in [1.54, 1.807) is 53.9 Å². The van der Waals surface area contributed by atoms with Gasteiger partial charge < -0.3 is 5.32 Å².